The number of nitrogens with one attached hydrogen (secondary N) is 2. The van der Waals surface area contributed by atoms with Crippen molar-refractivity contribution in [3.05, 3.63) is 27.1 Å². The lowest BCUT2D eigenvalue weighted by molar-refractivity contribution is -0.133. The van der Waals surface area contributed by atoms with Crippen LogP contribution >= 0.6 is 15.9 Å². The van der Waals surface area contributed by atoms with Gasteiger partial charge in [0.05, 0.1) is 4.47 Å². The molecule has 1 rings (SSSR count). The molecule has 1 aromatic rings. The average Bonchev–Trinajstić information content (AvgIpc) is 2.24. The van der Waals surface area contributed by atoms with Gasteiger partial charge < -0.3 is 15.4 Å². The van der Waals surface area contributed by atoms with Gasteiger partial charge in [-0.1, -0.05) is 13.3 Å². The molecule has 0 saturated carbocycles. The highest BCUT2D eigenvalue weighted by molar-refractivity contribution is 9.10. The number of halogens is 1. The van der Waals surface area contributed by atoms with E-state index in [1.54, 1.807) is 0 Å². The third-order valence-corrected chi connectivity index (χ3v) is 2.96. The molecule has 3 N–H and O–H groups in total. The number of aliphatic hydroxyl groups is 1. The van der Waals surface area contributed by atoms with Crippen LogP contribution in [0.3, 0.4) is 0 Å². The number of pyridine rings is 1. The molecule has 0 aliphatic heterocycles. The first-order valence-electron chi connectivity index (χ1n) is 5.29. The maximum Gasteiger partial charge on any atom is 0.256 e. The van der Waals surface area contributed by atoms with Crippen LogP contribution in [-0.2, 0) is 4.79 Å². The molecule has 1 unspecified atom stereocenters. The number of rotatable bonds is 4. The molecular weight excluding hydrogens is 288 g/mol. The second-order valence-corrected chi connectivity index (χ2v) is 4.88. The SMILES string of the molecule is CCCC(C)(O)C(=O)Nc1c[nH]cc(Br)c1=O. The number of hydrogen-bond donors (Lipinski definition) is 3. The second kappa shape index (κ2) is 5.46. The first kappa shape index (κ1) is 13.9. The number of carbonyl (C=O) groups excluding carboxylic acids is 1. The molecule has 1 aromatic heterocycles. The van der Waals surface area contributed by atoms with Crippen LogP contribution in [0.5, 0.6) is 0 Å². The fraction of sp³-hybridized carbons (Fsp3) is 0.455. The molecule has 94 valence electrons. The van der Waals surface area contributed by atoms with Crippen LogP contribution in [0, 0.1) is 0 Å². The van der Waals surface area contributed by atoms with Crippen molar-refractivity contribution in [1.29, 1.82) is 0 Å². The second-order valence-electron chi connectivity index (χ2n) is 4.02. The Bertz CT molecular complexity index is 468. The Balaban J connectivity index is 2.89. The number of amides is 1. The van der Waals surface area contributed by atoms with Crippen molar-refractivity contribution in [3.63, 3.8) is 0 Å². The standard InChI is InChI=1S/C11H15BrN2O3/c1-3-4-11(2,17)10(16)14-8-6-13-5-7(12)9(8)15/h5-6,17H,3-4H2,1-2H3,(H,13,15)(H,14,16). The molecule has 0 bridgehead atoms. The summed E-state index contributed by atoms with van der Waals surface area (Å²) in [6.45, 7) is 3.30. The molecule has 0 saturated heterocycles. The summed E-state index contributed by atoms with van der Waals surface area (Å²) in [5.74, 6) is -0.581. The van der Waals surface area contributed by atoms with Crippen molar-refractivity contribution in [1.82, 2.24) is 4.98 Å². The summed E-state index contributed by atoms with van der Waals surface area (Å²) in [6.07, 6.45) is 3.87. The molecular formula is C11H15BrN2O3. The zero-order chi connectivity index (χ0) is 13.1. The maximum atomic E-state index is 11.8. The molecule has 0 fully saturated rings. The van der Waals surface area contributed by atoms with Gasteiger partial charge in [0.1, 0.15) is 11.3 Å². The van der Waals surface area contributed by atoms with Gasteiger partial charge in [-0.05, 0) is 29.3 Å². The third kappa shape index (κ3) is 3.41. The Morgan fingerprint density at radius 1 is 1.59 bits per heavy atom. The fourth-order valence-corrected chi connectivity index (χ4v) is 1.75. The molecule has 0 aliphatic rings. The van der Waals surface area contributed by atoms with Crippen LogP contribution in [-0.4, -0.2) is 21.6 Å². The van der Waals surface area contributed by atoms with Crippen LogP contribution in [0.1, 0.15) is 26.7 Å². The summed E-state index contributed by atoms with van der Waals surface area (Å²) in [5.41, 5.74) is -1.69. The highest BCUT2D eigenvalue weighted by Gasteiger charge is 2.29. The van der Waals surface area contributed by atoms with Crippen LogP contribution in [0.15, 0.2) is 21.7 Å². The van der Waals surface area contributed by atoms with Crippen LogP contribution in [0.4, 0.5) is 5.69 Å². The Kier molecular flexibility index (Phi) is 4.47. The van der Waals surface area contributed by atoms with Gasteiger partial charge in [-0.3, -0.25) is 9.59 Å². The van der Waals surface area contributed by atoms with E-state index in [4.69, 9.17) is 0 Å². The van der Waals surface area contributed by atoms with Gasteiger partial charge in [-0.15, -0.1) is 0 Å². The largest absolute Gasteiger partial charge is 0.380 e. The topological polar surface area (TPSA) is 82.2 Å². The number of aromatic amines is 1. The number of H-pyrrole nitrogens is 1. The molecule has 0 aromatic carbocycles. The lowest BCUT2D eigenvalue weighted by atomic mass is 10.00. The van der Waals surface area contributed by atoms with E-state index in [9.17, 15) is 14.7 Å². The predicted octanol–water partition coefficient (Wildman–Crippen LogP) is 1.63. The normalized spacial score (nSPS) is 14.1. The number of hydrogen-bond acceptors (Lipinski definition) is 3. The summed E-state index contributed by atoms with van der Waals surface area (Å²) in [7, 11) is 0. The van der Waals surface area contributed by atoms with E-state index in [2.05, 4.69) is 26.2 Å². The van der Waals surface area contributed by atoms with Gasteiger partial charge >= 0.3 is 0 Å². The Morgan fingerprint density at radius 2 is 2.24 bits per heavy atom. The smallest absolute Gasteiger partial charge is 0.256 e. The molecule has 1 heterocycles. The Hall–Kier alpha value is -1.14. The molecule has 0 spiro atoms. The lowest BCUT2D eigenvalue weighted by Crippen LogP contribution is -2.40. The zero-order valence-electron chi connectivity index (χ0n) is 9.71. The van der Waals surface area contributed by atoms with Gasteiger partial charge in [0.2, 0.25) is 5.43 Å². The minimum atomic E-state index is -1.47. The number of aromatic nitrogens is 1. The van der Waals surface area contributed by atoms with Crippen molar-refractivity contribution >= 4 is 27.5 Å². The summed E-state index contributed by atoms with van der Waals surface area (Å²) in [5, 5.41) is 12.3. The third-order valence-electron chi connectivity index (χ3n) is 2.37. The van der Waals surface area contributed by atoms with E-state index in [-0.39, 0.29) is 11.1 Å². The molecule has 0 aliphatic carbocycles. The first-order valence-corrected chi connectivity index (χ1v) is 6.08. The zero-order valence-corrected chi connectivity index (χ0v) is 11.3. The van der Waals surface area contributed by atoms with Crippen LogP contribution in [0.2, 0.25) is 0 Å². The summed E-state index contributed by atoms with van der Waals surface area (Å²) >= 11 is 3.06. The van der Waals surface area contributed by atoms with E-state index < -0.39 is 11.5 Å². The minimum Gasteiger partial charge on any atom is -0.380 e. The molecule has 17 heavy (non-hydrogen) atoms. The van der Waals surface area contributed by atoms with Crippen LogP contribution in [0.25, 0.3) is 0 Å². The summed E-state index contributed by atoms with van der Waals surface area (Å²) in [4.78, 5) is 26.1. The van der Waals surface area contributed by atoms with E-state index in [1.807, 2.05) is 6.92 Å². The Morgan fingerprint density at radius 3 is 2.82 bits per heavy atom. The number of carbonyl (C=O) groups is 1. The molecule has 5 nitrogen and oxygen atoms in total. The van der Waals surface area contributed by atoms with E-state index in [0.717, 1.165) is 0 Å². The van der Waals surface area contributed by atoms with Crippen molar-refractivity contribution in [2.75, 3.05) is 5.32 Å². The van der Waals surface area contributed by atoms with Gasteiger partial charge in [0.15, 0.2) is 0 Å². The maximum absolute atomic E-state index is 11.8. The van der Waals surface area contributed by atoms with Crippen molar-refractivity contribution in [3.8, 4) is 0 Å². The molecule has 1 amide bonds. The highest BCUT2D eigenvalue weighted by atomic mass is 79.9. The van der Waals surface area contributed by atoms with E-state index in [1.165, 1.54) is 19.3 Å². The summed E-state index contributed by atoms with van der Waals surface area (Å²) < 4.78 is 0.324. The minimum absolute atomic E-state index is 0.112. The lowest BCUT2D eigenvalue weighted by Gasteiger charge is -2.21. The summed E-state index contributed by atoms with van der Waals surface area (Å²) in [6, 6.07) is 0. The van der Waals surface area contributed by atoms with E-state index >= 15 is 0 Å². The van der Waals surface area contributed by atoms with Crippen molar-refractivity contribution in [2.45, 2.75) is 32.3 Å². The monoisotopic (exact) mass is 302 g/mol. The molecule has 6 heteroatoms. The fourth-order valence-electron chi connectivity index (χ4n) is 1.41. The van der Waals surface area contributed by atoms with E-state index in [0.29, 0.717) is 17.3 Å². The van der Waals surface area contributed by atoms with Gasteiger partial charge in [0, 0.05) is 12.4 Å². The van der Waals surface area contributed by atoms with Gasteiger partial charge in [0.25, 0.3) is 5.91 Å². The first-order chi connectivity index (χ1) is 7.88. The number of anilines is 1. The quantitative estimate of drug-likeness (QED) is 0.790. The van der Waals surface area contributed by atoms with Crippen molar-refractivity contribution in [2.24, 2.45) is 0 Å². The van der Waals surface area contributed by atoms with Crippen molar-refractivity contribution < 1.29 is 9.90 Å². The van der Waals surface area contributed by atoms with Gasteiger partial charge in [-0.25, -0.2) is 0 Å². The van der Waals surface area contributed by atoms with Gasteiger partial charge in [-0.2, -0.15) is 0 Å². The molecule has 0 radical (unpaired) electrons. The molecule has 1 atom stereocenters. The Labute approximate surface area is 107 Å². The highest BCUT2D eigenvalue weighted by Crippen LogP contribution is 2.14. The predicted molar refractivity (Wildman–Crippen MR) is 68.9 cm³/mol. The van der Waals surface area contributed by atoms with Crippen LogP contribution < -0.4 is 10.7 Å². The average molecular weight is 303 g/mol.